The number of ether oxygens (including phenoxy) is 4. The van der Waals surface area contributed by atoms with Gasteiger partial charge >= 0.3 is 16.9 Å². The number of carbonyl (C=O) groups is 1. The fourth-order valence-corrected chi connectivity index (χ4v) is 2.76. The molecule has 0 radical (unpaired) electrons. The summed E-state index contributed by atoms with van der Waals surface area (Å²) in [6.45, 7) is 2.43. The molecule has 0 aliphatic carbocycles. The van der Waals surface area contributed by atoms with Crippen LogP contribution in [0.5, 0.6) is 0 Å². The number of nitrogens with one attached hydrogen (secondary N) is 1. The molecule has 3 heterocycles. The molecular formula is C14H15FN2O7S. The van der Waals surface area contributed by atoms with Crippen molar-refractivity contribution >= 4 is 23.4 Å². The Kier molecular flexibility index (Phi) is 4.37. The van der Waals surface area contributed by atoms with Gasteiger partial charge < -0.3 is 18.9 Å². The van der Waals surface area contributed by atoms with Gasteiger partial charge in [-0.3, -0.25) is 19.1 Å². The Balaban J connectivity index is 1.89. The third kappa shape index (κ3) is 3.16. The van der Waals surface area contributed by atoms with E-state index in [0.717, 1.165) is 16.8 Å². The Labute approximate surface area is 145 Å². The monoisotopic (exact) mass is 374 g/mol. The normalized spacial score (nSPS) is 30.7. The summed E-state index contributed by atoms with van der Waals surface area (Å²) in [5.74, 6) is -3.65. The molecule has 0 aromatic carbocycles. The number of H-pyrrole nitrogens is 1. The van der Waals surface area contributed by atoms with Gasteiger partial charge in [0.15, 0.2) is 18.9 Å². The lowest BCUT2D eigenvalue weighted by Crippen LogP contribution is -2.43. The smallest absolute Gasteiger partial charge is 0.353 e. The van der Waals surface area contributed by atoms with E-state index < -0.39 is 54.0 Å². The highest BCUT2D eigenvalue weighted by Crippen LogP contribution is 2.44. The van der Waals surface area contributed by atoms with Crippen LogP contribution in [0.3, 0.4) is 0 Å². The van der Waals surface area contributed by atoms with E-state index in [0.29, 0.717) is 0 Å². The topological polar surface area (TPSA) is 109 Å². The molecule has 11 heteroatoms. The number of hydrogen-bond donors (Lipinski definition) is 1. The van der Waals surface area contributed by atoms with Crippen LogP contribution in [0.1, 0.15) is 20.1 Å². The molecule has 2 fully saturated rings. The number of thiocarbonyl (C=S) groups is 1. The van der Waals surface area contributed by atoms with Crippen molar-refractivity contribution in [1.29, 1.82) is 0 Å². The molecule has 2 aliphatic heterocycles. The Morgan fingerprint density at radius 1 is 1.48 bits per heavy atom. The summed E-state index contributed by atoms with van der Waals surface area (Å²) < 4.78 is 36.8. The van der Waals surface area contributed by atoms with E-state index in [9.17, 15) is 14.4 Å². The lowest BCUT2D eigenvalue weighted by atomic mass is 10.1. The van der Waals surface area contributed by atoms with Crippen molar-refractivity contribution in [2.24, 2.45) is 5.92 Å². The molecule has 4 atom stereocenters. The summed E-state index contributed by atoms with van der Waals surface area (Å²) in [7, 11) is 0. The average molecular weight is 374 g/mol. The Morgan fingerprint density at radius 3 is 2.84 bits per heavy atom. The summed E-state index contributed by atoms with van der Waals surface area (Å²) in [6.07, 6.45) is -2.54. The van der Waals surface area contributed by atoms with E-state index in [1.54, 1.807) is 13.8 Å². The van der Waals surface area contributed by atoms with E-state index in [4.69, 9.17) is 31.2 Å². The van der Waals surface area contributed by atoms with Gasteiger partial charge in [0.1, 0.15) is 0 Å². The number of alkyl halides is 1. The van der Waals surface area contributed by atoms with E-state index in [2.05, 4.69) is 0 Å². The number of aromatic amines is 1. The minimum Gasteiger partial charge on any atom is -0.459 e. The molecule has 0 saturated carbocycles. The van der Waals surface area contributed by atoms with Crippen molar-refractivity contribution < 1.29 is 28.1 Å². The molecule has 25 heavy (non-hydrogen) atoms. The van der Waals surface area contributed by atoms with Crippen LogP contribution in [0, 0.1) is 5.92 Å². The number of hydrogen-bond acceptors (Lipinski definition) is 8. The fraction of sp³-hybridized carbons (Fsp3) is 0.571. The minimum atomic E-state index is -2.57. The van der Waals surface area contributed by atoms with Crippen LogP contribution >= 0.6 is 12.2 Å². The quantitative estimate of drug-likeness (QED) is 0.579. The van der Waals surface area contributed by atoms with Crippen LogP contribution in [0.2, 0.25) is 0 Å². The number of esters is 1. The number of nitrogens with zero attached hydrogens (tertiary/aromatic N) is 1. The first-order valence-electron chi connectivity index (χ1n) is 7.43. The van der Waals surface area contributed by atoms with Crippen LogP contribution in [0.4, 0.5) is 4.39 Å². The molecule has 0 amide bonds. The highest BCUT2D eigenvalue weighted by molar-refractivity contribution is 7.79. The summed E-state index contributed by atoms with van der Waals surface area (Å²) in [6, 6.07) is 1.07. The van der Waals surface area contributed by atoms with Gasteiger partial charge in [-0.2, -0.15) is 0 Å². The molecule has 2 aliphatic rings. The van der Waals surface area contributed by atoms with Crippen molar-refractivity contribution in [3.8, 4) is 0 Å². The molecule has 2 saturated heterocycles. The third-order valence-electron chi connectivity index (χ3n) is 3.78. The second kappa shape index (κ2) is 6.23. The van der Waals surface area contributed by atoms with Crippen molar-refractivity contribution in [2.45, 2.75) is 38.1 Å². The van der Waals surface area contributed by atoms with Gasteiger partial charge in [0.2, 0.25) is 6.10 Å². The van der Waals surface area contributed by atoms with E-state index in [1.807, 2.05) is 4.98 Å². The highest BCUT2D eigenvalue weighted by atomic mass is 32.1. The van der Waals surface area contributed by atoms with Crippen LogP contribution in [0.25, 0.3) is 0 Å². The van der Waals surface area contributed by atoms with Gasteiger partial charge in [-0.1, -0.05) is 13.8 Å². The molecule has 1 aromatic heterocycles. The summed E-state index contributed by atoms with van der Waals surface area (Å²) in [4.78, 5) is 36.8. The van der Waals surface area contributed by atoms with Crippen LogP contribution in [0.15, 0.2) is 21.9 Å². The highest BCUT2D eigenvalue weighted by Gasteiger charge is 2.64. The second-order valence-corrected chi connectivity index (χ2v) is 6.28. The van der Waals surface area contributed by atoms with Gasteiger partial charge in [-0.15, -0.1) is 0 Å². The minimum absolute atomic E-state index is 0.307. The maximum atomic E-state index is 15.3. The zero-order chi connectivity index (χ0) is 18.4. The van der Waals surface area contributed by atoms with Gasteiger partial charge in [-0.05, 0) is 0 Å². The SMILES string of the molecule is CC(C)C(=O)OC[C@@]1(F)O[C@@H](n2ccc(=O)[nH]c2=O)[C@@H]2OC(=S)O[C@@H]21. The predicted molar refractivity (Wildman–Crippen MR) is 83.4 cm³/mol. The molecule has 1 aromatic rings. The van der Waals surface area contributed by atoms with Gasteiger partial charge in [-0.25, -0.2) is 9.18 Å². The first kappa shape index (κ1) is 17.5. The fourth-order valence-electron chi connectivity index (χ4n) is 2.54. The van der Waals surface area contributed by atoms with Crippen molar-refractivity contribution in [1.82, 2.24) is 9.55 Å². The number of carbonyl (C=O) groups excluding carboxylic acids is 1. The average Bonchev–Trinajstić information content (AvgIpc) is 3.03. The van der Waals surface area contributed by atoms with Gasteiger partial charge in [0, 0.05) is 24.5 Å². The van der Waals surface area contributed by atoms with Crippen LogP contribution in [-0.4, -0.2) is 45.4 Å². The van der Waals surface area contributed by atoms with Crippen LogP contribution < -0.4 is 11.2 Å². The summed E-state index contributed by atoms with van der Waals surface area (Å²) in [5.41, 5.74) is -1.44. The number of rotatable bonds is 4. The largest absolute Gasteiger partial charge is 0.459 e. The van der Waals surface area contributed by atoms with Crippen molar-refractivity contribution in [2.75, 3.05) is 6.61 Å². The van der Waals surface area contributed by atoms with Gasteiger partial charge in [0.25, 0.3) is 11.4 Å². The first-order valence-corrected chi connectivity index (χ1v) is 7.84. The van der Waals surface area contributed by atoms with Crippen molar-refractivity contribution in [3.63, 3.8) is 0 Å². The first-order chi connectivity index (χ1) is 11.7. The zero-order valence-electron chi connectivity index (χ0n) is 13.3. The van der Waals surface area contributed by atoms with Crippen molar-refractivity contribution in [3.05, 3.63) is 33.1 Å². The van der Waals surface area contributed by atoms with E-state index >= 15 is 4.39 Å². The van der Waals surface area contributed by atoms with Gasteiger partial charge in [0.05, 0.1) is 5.92 Å². The van der Waals surface area contributed by atoms with E-state index in [-0.39, 0.29) is 5.24 Å². The molecule has 0 bridgehead atoms. The Bertz CT molecular complexity index is 822. The van der Waals surface area contributed by atoms with Crippen LogP contribution in [-0.2, 0) is 23.7 Å². The molecule has 1 N–H and O–H groups in total. The molecule has 0 unspecified atom stereocenters. The predicted octanol–water partition coefficient (Wildman–Crippen LogP) is -0.000700. The summed E-state index contributed by atoms with van der Waals surface area (Å²) in [5, 5.41) is -0.307. The summed E-state index contributed by atoms with van der Waals surface area (Å²) >= 11 is 4.79. The number of aromatic nitrogens is 2. The Morgan fingerprint density at radius 2 is 2.20 bits per heavy atom. The molecular weight excluding hydrogens is 359 g/mol. The lowest BCUT2D eigenvalue weighted by molar-refractivity contribution is -0.218. The third-order valence-corrected chi connectivity index (χ3v) is 3.98. The lowest BCUT2D eigenvalue weighted by Gasteiger charge is -2.24. The maximum absolute atomic E-state index is 15.3. The number of halogens is 1. The van der Waals surface area contributed by atoms with E-state index in [1.165, 1.54) is 0 Å². The maximum Gasteiger partial charge on any atom is 0.353 e. The molecule has 136 valence electrons. The standard InChI is InChI=1S/C14H15FN2O7S/c1-6(2)11(19)21-5-14(15)9-8(22-13(25)23-9)10(24-14)17-4-3-7(18)16-12(17)20/h3-4,6,8-10H,5H2,1-2H3,(H,16,18,20)/t8-,9+,10-,14-/m1/s1. The molecule has 0 spiro atoms. The molecule has 3 rings (SSSR count). The number of fused-ring (bicyclic) bond motifs is 1. The zero-order valence-corrected chi connectivity index (χ0v) is 14.1. The second-order valence-electron chi connectivity index (χ2n) is 5.95. The molecule has 9 nitrogen and oxygen atoms in total. The Hall–Kier alpha value is -2.27.